The first-order chi connectivity index (χ1) is 12.7. The molecule has 2 N–H and O–H groups in total. The number of nitrogens with one attached hydrogen (secondary N) is 2. The average Bonchev–Trinajstić information content (AvgIpc) is 3.35. The molecular formula is C19H13ClN4O2. The minimum absolute atomic E-state index is 0.307. The Hall–Kier alpha value is -3.38. The van der Waals surface area contributed by atoms with Crippen molar-refractivity contribution in [3.8, 4) is 22.5 Å². The average molecular weight is 365 g/mol. The summed E-state index contributed by atoms with van der Waals surface area (Å²) in [6, 6.07) is 16.4. The van der Waals surface area contributed by atoms with E-state index < -0.39 is 0 Å². The molecule has 26 heavy (non-hydrogen) atoms. The van der Waals surface area contributed by atoms with Gasteiger partial charge in [0.05, 0.1) is 5.69 Å². The fourth-order valence-electron chi connectivity index (χ4n) is 2.59. The molecule has 7 heteroatoms. The van der Waals surface area contributed by atoms with Gasteiger partial charge in [-0.25, -0.2) is 0 Å². The van der Waals surface area contributed by atoms with Crippen LogP contribution in [0, 0.1) is 0 Å². The summed E-state index contributed by atoms with van der Waals surface area (Å²) in [7, 11) is 0. The van der Waals surface area contributed by atoms with Crippen LogP contribution in [0.4, 0.5) is 5.69 Å². The summed E-state index contributed by atoms with van der Waals surface area (Å²) in [6.45, 7) is 0. The number of hydrogen-bond acceptors (Lipinski definition) is 4. The molecule has 0 fully saturated rings. The van der Waals surface area contributed by atoms with Crippen LogP contribution in [-0.4, -0.2) is 21.3 Å². The molecule has 0 aliphatic heterocycles. The molecule has 0 saturated carbocycles. The van der Waals surface area contributed by atoms with Crippen LogP contribution < -0.4 is 5.32 Å². The first-order valence-electron chi connectivity index (χ1n) is 7.82. The van der Waals surface area contributed by atoms with Crippen LogP contribution >= 0.6 is 11.6 Å². The Bertz CT molecular complexity index is 1040. The maximum atomic E-state index is 12.7. The maximum absolute atomic E-state index is 12.7. The standard InChI is InChI=1S/C19H13ClN4O2/c20-14-6-4-12(5-7-14)18-16(11-26-24-18)19(25)22-15-3-1-2-13(10-15)17-8-9-21-23-17/h1-11H,(H,21,23)(H,22,25). The Kier molecular flexibility index (Phi) is 4.25. The molecule has 2 heterocycles. The smallest absolute Gasteiger partial charge is 0.261 e. The summed E-state index contributed by atoms with van der Waals surface area (Å²) in [5.74, 6) is -0.307. The second-order valence-electron chi connectivity index (χ2n) is 5.59. The number of anilines is 1. The molecule has 1 amide bonds. The third-order valence-corrected chi connectivity index (χ3v) is 4.12. The van der Waals surface area contributed by atoms with Gasteiger partial charge >= 0.3 is 0 Å². The van der Waals surface area contributed by atoms with Gasteiger partial charge in [0.2, 0.25) is 0 Å². The molecule has 0 atom stereocenters. The van der Waals surface area contributed by atoms with Gasteiger partial charge in [-0.3, -0.25) is 9.89 Å². The van der Waals surface area contributed by atoms with Crippen LogP contribution in [0.5, 0.6) is 0 Å². The summed E-state index contributed by atoms with van der Waals surface area (Å²) in [5, 5.41) is 14.3. The number of halogens is 1. The lowest BCUT2D eigenvalue weighted by molar-refractivity contribution is 0.102. The Labute approximate surface area is 153 Å². The number of H-pyrrole nitrogens is 1. The lowest BCUT2D eigenvalue weighted by Crippen LogP contribution is -2.12. The van der Waals surface area contributed by atoms with Gasteiger partial charge in [0.15, 0.2) is 0 Å². The summed E-state index contributed by atoms with van der Waals surface area (Å²) in [5.41, 5.74) is 4.00. The highest BCUT2D eigenvalue weighted by atomic mass is 35.5. The van der Waals surface area contributed by atoms with Crippen LogP contribution in [0.1, 0.15) is 10.4 Å². The van der Waals surface area contributed by atoms with Crippen LogP contribution in [-0.2, 0) is 0 Å². The Balaban J connectivity index is 1.59. The van der Waals surface area contributed by atoms with E-state index in [1.54, 1.807) is 30.5 Å². The Morgan fingerprint density at radius 3 is 2.69 bits per heavy atom. The van der Waals surface area contributed by atoms with E-state index in [9.17, 15) is 4.79 Å². The Morgan fingerprint density at radius 1 is 1.08 bits per heavy atom. The van der Waals surface area contributed by atoms with E-state index >= 15 is 0 Å². The molecule has 4 rings (SSSR count). The fraction of sp³-hybridized carbons (Fsp3) is 0. The predicted octanol–water partition coefficient (Wildman–Crippen LogP) is 4.64. The molecule has 128 valence electrons. The number of nitrogens with zero attached hydrogens (tertiary/aromatic N) is 2. The third-order valence-electron chi connectivity index (χ3n) is 3.86. The molecule has 0 spiro atoms. The third kappa shape index (κ3) is 3.22. The van der Waals surface area contributed by atoms with Crippen LogP contribution in [0.15, 0.2) is 71.6 Å². The second-order valence-corrected chi connectivity index (χ2v) is 6.03. The highest BCUT2D eigenvalue weighted by molar-refractivity contribution is 6.30. The number of aromatic amines is 1. The lowest BCUT2D eigenvalue weighted by Gasteiger charge is -2.07. The molecular weight excluding hydrogens is 352 g/mol. The van der Waals surface area contributed by atoms with Crippen molar-refractivity contribution in [2.24, 2.45) is 0 Å². The zero-order chi connectivity index (χ0) is 17.9. The number of carbonyl (C=O) groups is 1. The molecule has 6 nitrogen and oxygen atoms in total. The predicted molar refractivity (Wildman–Crippen MR) is 98.9 cm³/mol. The number of amides is 1. The van der Waals surface area contributed by atoms with Gasteiger partial charge in [0.1, 0.15) is 17.5 Å². The van der Waals surface area contributed by atoms with Crippen LogP contribution in [0.25, 0.3) is 22.5 Å². The largest absolute Gasteiger partial charge is 0.363 e. The molecule has 4 aromatic rings. The minimum Gasteiger partial charge on any atom is -0.363 e. The molecule has 0 bridgehead atoms. The second kappa shape index (κ2) is 6.85. The van der Waals surface area contributed by atoms with E-state index in [0.29, 0.717) is 22.0 Å². The van der Waals surface area contributed by atoms with E-state index in [1.165, 1.54) is 6.26 Å². The van der Waals surface area contributed by atoms with Gasteiger partial charge in [-0.15, -0.1) is 0 Å². The summed E-state index contributed by atoms with van der Waals surface area (Å²) in [6.07, 6.45) is 3.01. The SMILES string of the molecule is O=C(Nc1cccc(-c2ccn[nH]2)c1)c1conc1-c1ccc(Cl)cc1. The molecule has 2 aromatic carbocycles. The number of rotatable bonds is 4. The quantitative estimate of drug-likeness (QED) is 0.552. The van der Waals surface area contributed by atoms with Crippen molar-refractivity contribution in [3.05, 3.63) is 77.6 Å². The van der Waals surface area contributed by atoms with Crippen molar-refractivity contribution >= 4 is 23.2 Å². The van der Waals surface area contributed by atoms with E-state index in [-0.39, 0.29) is 5.91 Å². The molecule has 0 aliphatic rings. The van der Waals surface area contributed by atoms with Gasteiger partial charge in [-0.1, -0.05) is 41.0 Å². The normalized spacial score (nSPS) is 10.7. The maximum Gasteiger partial charge on any atom is 0.261 e. The van der Waals surface area contributed by atoms with Gasteiger partial charge in [0.25, 0.3) is 5.91 Å². The van der Waals surface area contributed by atoms with E-state index in [1.807, 2.05) is 30.3 Å². The summed E-state index contributed by atoms with van der Waals surface area (Å²) in [4.78, 5) is 12.7. The fourth-order valence-corrected chi connectivity index (χ4v) is 2.72. The highest BCUT2D eigenvalue weighted by Gasteiger charge is 2.18. The minimum atomic E-state index is -0.307. The zero-order valence-electron chi connectivity index (χ0n) is 13.4. The number of aromatic nitrogens is 3. The number of carbonyl (C=O) groups excluding carboxylic acids is 1. The van der Waals surface area contributed by atoms with Crippen LogP contribution in [0.3, 0.4) is 0 Å². The van der Waals surface area contributed by atoms with Crippen molar-refractivity contribution in [1.82, 2.24) is 15.4 Å². The molecule has 0 unspecified atom stereocenters. The zero-order valence-corrected chi connectivity index (χ0v) is 14.2. The summed E-state index contributed by atoms with van der Waals surface area (Å²) >= 11 is 5.91. The van der Waals surface area contributed by atoms with Gasteiger partial charge < -0.3 is 9.84 Å². The summed E-state index contributed by atoms with van der Waals surface area (Å²) < 4.78 is 5.01. The first kappa shape index (κ1) is 16.1. The lowest BCUT2D eigenvalue weighted by atomic mass is 10.1. The number of benzene rings is 2. The van der Waals surface area contributed by atoms with Crippen molar-refractivity contribution in [3.63, 3.8) is 0 Å². The van der Waals surface area contributed by atoms with Crippen molar-refractivity contribution in [2.45, 2.75) is 0 Å². The number of hydrogen-bond donors (Lipinski definition) is 2. The van der Waals surface area contributed by atoms with Gasteiger partial charge in [-0.2, -0.15) is 5.10 Å². The first-order valence-corrected chi connectivity index (χ1v) is 8.20. The topological polar surface area (TPSA) is 83.8 Å². The molecule has 0 saturated heterocycles. The van der Waals surface area contributed by atoms with Gasteiger partial charge in [0, 0.05) is 28.0 Å². The highest BCUT2D eigenvalue weighted by Crippen LogP contribution is 2.25. The van der Waals surface area contributed by atoms with E-state index in [2.05, 4.69) is 20.7 Å². The Morgan fingerprint density at radius 2 is 1.92 bits per heavy atom. The molecule has 2 aromatic heterocycles. The van der Waals surface area contributed by atoms with Gasteiger partial charge in [-0.05, 0) is 30.3 Å². The molecule has 0 aliphatic carbocycles. The van der Waals surface area contributed by atoms with Crippen molar-refractivity contribution < 1.29 is 9.32 Å². The van der Waals surface area contributed by atoms with Crippen LogP contribution in [0.2, 0.25) is 5.02 Å². The van der Waals surface area contributed by atoms with Crippen molar-refractivity contribution in [1.29, 1.82) is 0 Å². The van der Waals surface area contributed by atoms with Crippen molar-refractivity contribution in [2.75, 3.05) is 5.32 Å². The molecule has 0 radical (unpaired) electrons. The monoisotopic (exact) mass is 364 g/mol. The van der Waals surface area contributed by atoms with E-state index in [4.69, 9.17) is 16.1 Å². The van der Waals surface area contributed by atoms with E-state index in [0.717, 1.165) is 16.8 Å².